The summed E-state index contributed by atoms with van der Waals surface area (Å²) in [6.07, 6.45) is 5.37. The summed E-state index contributed by atoms with van der Waals surface area (Å²) in [6.45, 7) is 3.35. The predicted octanol–water partition coefficient (Wildman–Crippen LogP) is 4.67. The molecule has 0 atom stereocenters. The Labute approximate surface area is 233 Å². The third kappa shape index (κ3) is 5.65. The van der Waals surface area contributed by atoms with Crippen LogP contribution in [-0.2, 0) is 11.3 Å². The SMILES string of the molecule is Nc1ccc(CNCC2CCN(c3nccc(C=C4SC(=O)NC4=O)n3)CC2)c(-c2csc3ccccc23)n1. The molecule has 3 aromatic heterocycles. The van der Waals surface area contributed by atoms with Crippen molar-refractivity contribution >= 4 is 62.2 Å². The van der Waals surface area contributed by atoms with Gasteiger partial charge in [0.15, 0.2) is 0 Å². The number of benzene rings is 1. The van der Waals surface area contributed by atoms with Crippen molar-refractivity contribution < 1.29 is 9.59 Å². The number of hydrogen-bond donors (Lipinski definition) is 3. The summed E-state index contributed by atoms with van der Waals surface area (Å²) >= 11 is 2.61. The van der Waals surface area contributed by atoms with Crippen molar-refractivity contribution in [1.82, 2.24) is 25.6 Å². The van der Waals surface area contributed by atoms with Crippen LogP contribution in [0, 0.1) is 5.92 Å². The number of nitrogens with one attached hydrogen (secondary N) is 2. The Morgan fingerprint density at radius 3 is 2.77 bits per heavy atom. The average molecular weight is 558 g/mol. The molecule has 0 radical (unpaired) electrons. The van der Waals surface area contributed by atoms with Crippen LogP contribution in [0.1, 0.15) is 24.1 Å². The Hall–Kier alpha value is -3.80. The van der Waals surface area contributed by atoms with Crippen LogP contribution in [0.2, 0.25) is 0 Å². The number of rotatable bonds is 7. The number of piperidine rings is 1. The molecule has 2 aliphatic rings. The van der Waals surface area contributed by atoms with Crippen molar-refractivity contribution in [3.05, 3.63) is 70.2 Å². The zero-order valence-electron chi connectivity index (χ0n) is 21.1. The van der Waals surface area contributed by atoms with Gasteiger partial charge in [-0.15, -0.1) is 11.3 Å². The van der Waals surface area contributed by atoms with Gasteiger partial charge in [-0.05, 0) is 66.9 Å². The molecular formula is C28H27N7O2S2. The molecule has 0 spiro atoms. The van der Waals surface area contributed by atoms with Crippen molar-refractivity contribution in [2.45, 2.75) is 19.4 Å². The molecule has 4 aromatic rings. The van der Waals surface area contributed by atoms with E-state index >= 15 is 0 Å². The maximum Gasteiger partial charge on any atom is 0.290 e. The summed E-state index contributed by atoms with van der Waals surface area (Å²) in [5, 5.41) is 8.93. The molecule has 2 saturated heterocycles. The van der Waals surface area contributed by atoms with E-state index in [9.17, 15) is 9.59 Å². The highest BCUT2D eigenvalue weighted by atomic mass is 32.2. The first-order valence-corrected chi connectivity index (χ1v) is 14.5. The van der Waals surface area contributed by atoms with Crippen LogP contribution in [0.15, 0.2) is 58.9 Å². The minimum Gasteiger partial charge on any atom is -0.384 e. The number of thiophene rings is 1. The monoisotopic (exact) mass is 557 g/mol. The van der Waals surface area contributed by atoms with E-state index in [0.29, 0.717) is 28.3 Å². The zero-order valence-corrected chi connectivity index (χ0v) is 22.7. The van der Waals surface area contributed by atoms with Gasteiger partial charge in [-0.2, -0.15) is 0 Å². The summed E-state index contributed by atoms with van der Waals surface area (Å²) in [7, 11) is 0. The van der Waals surface area contributed by atoms with Gasteiger partial charge < -0.3 is 16.0 Å². The van der Waals surface area contributed by atoms with Gasteiger partial charge >= 0.3 is 0 Å². The number of pyridine rings is 1. The predicted molar refractivity (Wildman–Crippen MR) is 157 cm³/mol. The summed E-state index contributed by atoms with van der Waals surface area (Å²) in [5.41, 5.74) is 9.89. The lowest BCUT2D eigenvalue weighted by molar-refractivity contribution is -0.115. The van der Waals surface area contributed by atoms with Crippen LogP contribution >= 0.6 is 23.1 Å². The maximum atomic E-state index is 11.8. The lowest BCUT2D eigenvalue weighted by Crippen LogP contribution is -2.38. The van der Waals surface area contributed by atoms with E-state index in [-0.39, 0.29) is 11.1 Å². The molecule has 0 saturated carbocycles. The second-order valence-electron chi connectivity index (χ2n) is 9.58. The minimum absolute atomic E-state index is 0.348. The van der Waals surface area contributed by atoms with Crippen LogP contribution < -0.4 is 21.3 Å². The van der Waals surface area contributed by atoms with E-state index in [0.717, 1.165) is 67.6 Å². The van der Waals surface area contributed by atoms with Crippen LogP contribution in [0.3, 0.4) is 0 Å². The zero-order chi connectivity index (χ0) is 26.8. The highest BCUT2D eigenvalue weighted by molar-refractivity contribution is 8.18. The average Bonchev–Trinajstić information content (AvgIpc) is 3.52. The van der Waals surface area contributed by atoms with Crippen LogP contribution in [-0.4, -0.2) is 45.7 Å². The fraction of sp³-hybridized carbons (Fsp3) is 0.250. The molecule has 9 nitrogen and oxygen atoms in total. The number of anilines is 2. The van der Waals surface area contributed by atoms with E-state index in [1.54, 1.807) is 29.7 Å². The Kier molecular flexibility index (Phi) is 7.27. The van der Waals surface area contributed by atoms with E-state index in [1.807, 2.05) is 6.07 Å². The molecule has 6 rings (SSSR count). The molecule has 2 amide bonds. The summed E-state index contributed by atoms with van der Waals surface area (Å²) in [4.78, 5) is 39.5. The third-order valence-electron chi connectivity index (χ3n) is 6.97. The number of amides is 2. The lowest BCUT2D eigenvalue weighted by Gasteiger charge is -2.32. The second-order valence-corrected chi connectivity index (χ2v) is 11.5. The number of nitrogen functional groups attached to an aromatic ring is 1. The van der Waals surface area contributed by atoms with Gasteiger partial charge in [0.2, 0.25) is 5.95 Å². The van der Waals surface area contributed by atoms with Crippen molar-refractivity contribution in [2.75, 3.05) is 30.3 Å². The highest BCUT2D eigenvalue weighted by Gasteiger charge is 2.26. The van der Waals surface area contributed by atoms with E-state index in [4.69, 9.17) is 10.7 Å². The molecule has 198 valence electrons. The first-order valence-electron chi connectivity index (χ1n) is 12.8. The Balaban J connectivity index is 1.06. The summed E-state index contributed by atoms with van der Waals surface area (Å²) in [5.74, 6) is 1.33. The fourth-order valence-electron chi connectivity index (χ4n) is 4.94. The molecule has 11 heteroatoms. The smallest absolute Gasteiger partial charge is 0.290 e. The number of hydrogen-bond acceptors (Lipinski definition) is 10. The Morgan fingerprint density at radius 2 is 1.95 bits per heavy atom. The number of nitrogens with two attached hydrogens (primary N) is 1. The number of imide groups is 1. The minimum atomic E-state index is -0.385. The van der Waals surface area contributed by atoms with Crippen LogP contribution in [0.4, 0.5) is 16.6 Å². The van der Waals surface area contributed by atoms with Gasteiger partial charge in [-0.1, -0.05) is 24.3 Å². The van der Waals surface area contributed by atoms with Crippen LogP contribution in [0.5, 0.6) is 0 Å². The van der Waals surface area contributed by atoms with Crippen molar-refractivity contribution in [3.8, 4) is 11.3 Å². The normalized spacial score (nSPS) is 17.3. The topological polar surface area (TPSA) is 126 Å². The van der Waals surface area contributed by atoms with E-state index < -0.39 is 0 Å². The van der Waals surface area contributed by atoms with Gasteiger partial charge in [0.1, 0.15) is 5.82 Å². The largest absolute Gasteiger partial charge is 0.384 e. The Bertz CT molecular complexity index is 1580. The van der Waals surface area contributed by atoms with Gasteiger partial charge in [0, 0.05) is 46.9 Å². The van der Waals surface area contributed by atoms with Crippen molar-refractivity contribution in [3.63, 3.8) is 0 Å². The maximum absolute atomic E-state index is 11.8. The molecule has 2 aliphatic heterocycles. The molecule has 2 fully saturated rings. The van der Waals surface area contributed by atoms with Gasteiger partial charge in [0.05, 0.1) is 16.3 Å². The van der Waals surface area contributed by atoms with Gasteiger partial charge in [-0.25, -0.2) is 15.0 Å². The van der Waals surface area contributed by atoms with E-state index in [2.05, 4.69) is 61.2 Å². The third-order valence-corrected chi connectivity index (χ3v) is 8.74. The molecule has 5 heterocycles. The lowest BCUT2D eigenvalue weighted by atomic mass is 9.96. The molecular weight excluding hydrogens is 530 g/mol. The van der Waals surface area contributed by atoms with Crippen molar-refractivity contribution in [2.24, 2.45) is 5.92 Å². The number of nitrogens with zero attached hydrogens (tertiary/aromatic N) is 4. The fourth-order valence-corrected chi connectivity index (χ4v) is 6.55. The molecule has 0 unspecified atom stereocenters. The number of carbonyl (C=O) groups is 2. The molecule has 4 N–H and O–H groups in total. The standard InChI is InChI=1S/C28H27N7O2S2/c29-24-6-5-18(25(33-24)21-16-38-22-4-2-1-3-20(21)22)15-30-14-17-8-11-35(12-9-17)27-31-10-7-19(32-27)13-23-26(36)34-28(37)39-23/h1-7,10,13,16-17,30H,8-9,11-12,14-15H2,(H2,29,33)(H,34,36,37). The van der Waals surface area contributed by atoms with Gasteiger partial charge in [0.25, 0.3) is 11.1 Å². The number of thioether (sulfide) groups is 1. The van der Waals surface area contributed by atoms with Crippen LogP contribution in [0.25, 0.3) is 27.4 Å². The Morgan fingerprint density at radius 1 is 1.10 bits per heavy atom. The summed E-state index contributed by atoms with van der Waals surface area (Å²) in [6, 6.07) is 14.1. The highest BCUT2D eigenvalue weighted by Crippen LogP contribution is 2.35. The first kappa shape index (κ1) is 25.5. The summed E-state index contributed by atoms with van der Waals surface area (Å²) < 4.78 is 1.24. The van der Waals surface area contributed by atoms with E-state index in [1.165, 1.54) is 10.1 Å². The van der Waals surface area contributed by atoms with Gasteiger partial charge in [-0.3, -0.25) is 14.9 Å². The first-order chi connectivity index (χ1) is 19.0. The number of aromatic nitrogens is 3. The molecule has 1 aromatic carbocycles. The quantitative estimate of drug-likeness (QED) is 0.278. The number of carbonyl (C=O) groups excluding carboxylic acids is 2. The van der Waals surface area contributed by atoms with Crippen molar-refractivity contribution in [1.29, 1.82) is 0 Å². The number of fused-ring (bicyclic) bond motifs is 1. The molecule has 0 bridgehead atoms. The molecule has 39 heavy (non-hydrogen) atoms. The second kappa shape index (κ2) is 11.1. The molecule has 0 aliphatic carbocycles.